The van der Waals surface area contributed by atoms with Crippen molar-refractivity contribution in [2.45, 2.75) is 56.9 Å². The molecule has 0 spiro atoms. The van der Waals surface area contributed by atoms with Gasteiger partial charge < -0.3 is 24.9 Å². The Morgan fingerprint density at radius 1 is 1.07 bits per heavy atom. The van der Waals surface area contributed by atoms with Crippen molar-refractivity contribution < 1.29 is 22.8 Å². The van der Waals surface area contributed by atoms with Crippen LogP contribution in [0.2, 0.25) is 0 Å². The molecule has 3 aromatic rings. The Morgan fingerprint density at radius 3 is 2.52 bits per heavy atom. The summed E-state index contributed by atoms with van der Waals surface area (Å²) in [4.78, 5) is 38.1. The van der Waals surface area contributed by atoms with Gasteiger partial charge in [0.25, 0.3) is 0 Å². The third-order valence-electron chi connectivity index (χ3n) is 8.36. The zero-order valence-electron chi connectivity index (χ0n) is 23.5. The van der Waals surface area contributed by atoms with Crippen LogP contribution in [0.25, 0.3) is 5.65 Å². The Labute approximate surface area is 241 Å². The van der Waals surface area contributed by atoms with E-state index in [4.69, 9.17) is 4.98 Å². The molecule has 12 nitrogen and oxygen atoms in total. The van der Waals surface area contributed by atoms with E-state index in [9.17, 15) is 22.8 Å². The van der Waals surface area contributed by atoms with Crippen molar-refractivity contribution in [2.24, 2.45) is 0 Å². The molecule has 6 heterocycles. The zero-order valence-corrected chi connectivity index (χ0v) is 23.5. The van der Waals surface area contributed by atoms with E-state index < -0.39 is 24.9 Å². The number of alkyl halides is 3. The predicted octanol–water partition coefficient (Wildman–Crippen LogP) is 2.36. The molecule has 3 fully saturated rings. The summed E-state index contributed by atoms with van der Waals surface area (Å²) in [6.45, 7) is 4.34. The first-order chi connectivity index (χ1) is 20.1. The molecule has 6 rings (SSSR count). The second kappa shape index (κ2) is 11.4. The lowest BCUT2D eigenvalue weighted by Crippen LogP contribution is -2.62. The maximum Gasteiger partial charge on any atom is 0.389 e. The number of amides is 2. The molecule has 3 aliphatic rings. The number of likely N-dealkylation sites (N-methyl/N-ethyl adjacent to an activating group) is 1. The number of aromatic nitrogens is 5. The van der Waals surface area contributed by atoms with E-state index in [1.54, 1.807) is 32.7 Å². The summed E-state index contributed by atoms with van der Waals surface area (Å²) in [5.74, 6) is -0.0201. The van der Waals surface area contributed by atoms with E-state index in [1.807, 2.05) is 24.1 Å². The molecule has 3 saturated heterocycles. The zero-order chi connectivity index (χ0) is 29.4. The van der Waals surface area contributed by atoms with Crippen LogP contribution in [0, 0.1) is 0 Å². The number of halogens is 3. The highest BCUT2D eigenvalue weighted by atomic mass is 19.4. The van der Waals surface area contributed by atoms with E-state index in [2.05, 4.69) is 25.3 Å². The van der Waals surface area contributed by atoms with Crippen molar-refractivity contribution in [3.63, 3.8) is 0 Å². The summed E-state index contributed by atoms with van der Waals surface area (Å²) >= 11 is 0. The minimum Gasteiger partial charge on any atom is -0.364 e. The van der Waals surface area contributed by atoms with Gasteiger partial charge in [0.15, 0.2) is 5.65 Å². The number of nitrogens with zero attached hydrogens (tertiary/aromatic N) is 9. The number of nitrogens with one attached hydrogen (secondary N) is 1. The molecule has 226 valence electrons. The van der Waals surface area contributed by atoms with Gasteiger partial charge in [-0.2, -0.15) is 23.3 Å². The van der Waals surface area contributed by atoms with Gasteiger partial charge in [-0.3, -0.25) is 14.3 Å². The number of pyridine rings is 1. The number of hydrogen-bond donors (Lipinski definition) is 1. The summed E-state index contributed by atoms with van der Waals surface area (Å²) in [5.41, 5.74) is 2.14. The first-order valence-corrected chi connectivity index (χ1v) is 14.4. The minimum atomic E-state index is -4.34. The largest absolute Gasteiger partial charge is 0.389 e. The van der Waals surface area contributed by atoms with Crippen molar-refractivity contribution >= 4 is 34.8 Å². The lowest BCUT2D eigenvalue weighted by molar-refractivity contribution is -0.153. The normalized spacial score (nSPS) is 21.7. The average molecular weight is 589 g/mol. The van der Waals surface area contributed by atoms with Gasteiger partial charge in [-0.1, -0.05) is 0 Å². The number of carbonyl (C=O) groups is 2. The molecule has 42 heavy (non-hydrogen) atoms. The molecule has 3 aliphatic heterocycles. The van der Waals surface area contributed by atoms with Crippen LogP contribution in [0.1, 0.15) is 32.1 Å². The van der Waals surface area contributed by atoms with E-state index in [-0.39, 0.29) is 24.5 Å². The van der Waals surface area contributed by atoms with E-state index in [0.717, 1.165) is 38.0 Å². The molecule has 2 bridgehead atoms. The third kappa shape index (κ3) is 6.15. The second-order valence-electron chi connectivity index (χ2n) is 11.4. The van der Waals surface area contributed by atoms with Crippen molar-refractivity contribution in [3.05, 3.63) is 30.7 Å². The summed E-state index contributed by atoms with van der Waals surface area (Å²) in [5, 5.41) is 12.0. The Bertz CT molecular complexity index is 1420. The van der Waals surface area contributed by atoms with Gasteiger partial charge in [-0.15, -0.1) is 5.10 Å². The van der Waals surface area contributed by atoms with Gasteiger partial charge in [0, 0.05) is 70.2 Å². The van der Waals surface area contributed by atoms with Gasteiger partial charge in [0.1, 0.15) is 6.54 Å². The van der Waals surface area contributed by atoms with Gasteiger partial charge in [-0.05, 0) is 38.4 Å². The van der Waals surface area contributed by atoms with Gasteiger partial charge in [0.2, 0.25) is 17.8 Å². The number of anilines is 3. The second-order valence-corrected chi connectivity index (χ2v) is 11.4. The molecule has 2 atom stereocenters. The Kier molecular flexibility index (Phi) is 7.68. The average Bonchev–Trinajstić information content (AvgIpc) is 3.57. The molecule has 0 radical (unpaired) electrons. The SMILES string of the molecule is CN1CCN(C(=O)Cn2cc(Nc3nc4c(N5CC6CCCC(C5)N6C(=O)CCC(F)(F)F)cccn4n3)cn2)CC1. The molecule has 3 aromatic heterocycles. The highest BCUT2D eigenvalue weighted by Crippen LogP contribution is 2.34. The maximum absolute atomic E-state index is 12.8. The Balaban J connectivity index is 1.12. The molecule has 0 aromatic carbocycles. The molecular formula is C27H35F3N10O2. The maximum atomic E-state index is 12.8. The molecule has 1 N–H and O–H groups in total. The molecular weight excluding hydrogens is 553 g/mol. The summed E-state index contributed by atoms with van der Waals surface area (Å²) in [6.07, 6.45) is 1.69. The van der Waals surface area contributed by atoms with Gasteiger partial charge >= 0.3 is 6.18 Å². The van der Waals surface area contributed by atoms with Crippen molar-refractivity contribution in [2.75, 3.05) is 56.5 Å². The Morgan fingerprint density at radius 2 is 1.81 bits per heavy atom. The van der Waals surface area contributed by atoms with Gasteiger partial charge in [-0.25, -0.2) is 4.52 Å². The van der Waals surface area contributed by atoms with E-state index >= 15 is 0 Å². The highest BCUT2D eigenvalue weighted by molar-refractivity contribution is 5.78. The van der Waals surface area contributed by atoms with Crippen LogP contribution < -0.4 is 10.2 Å². The fourth-order valence-corrected chi connectivity index (χ4v) is 6.22. The monoisotopic (exact) mass is 588 g/mol. The standard InChI is InChI=1S/C27H35F3N10O2/c1-35-10-12-36(13-11-35)24(42)18-38-15-19(14-31-38)32-26-33-25-22(6-3-9-39(25)34-26)37-16-20-4-2-5-21(17-37)40(20)23(41)7-8-27(28,29)30/h3,6,9,14-15,20-21H,2,4-5,7-8,10-13,16-18H2,1H3,(H,32,34). The van der Waals surface area contributed by atoms with E-state index in [1.165, 1.54) is 0 Å². The summed E-state index contributed by atoms with van der Waals surface area (Å²) in [6, 6.07) is 3.54. The number of piperidine rings is 1. The molecule has 2 unspecified atom stereocenters. The number of carbonyl (C=O) groups excluding carboxylic acids is 2. The first-order valence-electron chi connectivity index (χ1n) is 14.4. The quantitative estimate of drug-likeness (QED) is 0.449. The third-order valence-corrected chi connectivity index (χ3v) is 8.36. The molecule has 2 amide bonds. The lowest BCUT2D eigenvalue weighted by atomic mass is 9.90. The van der Waals surface area contributed by atoms with Crippen LogP contribution in [-0.2, 0) is 16.1 Å². The van der Waals surface area contributed by atoms with E-state index in [0.29, 0.717) is 43.5 Å². The van der Waals surface area contributed by atoms with Crippen LogP contribution in [0.4, 0.5) is 30.5 Å². The Hall–Kier alpha value is -3.88. The smallest absolute Gasteiger partial charge is 0.364 e. The van der Waals surface area contributed by atoms with Crippen LogP contribution in [0.15, 0.2) is 30.7 Å². The van der Waals surface area contributed by atoms with Crippen LogP contribution in [-0.4, -0.2) is 115 Å². The van der Waals surface area contributed by atoms with Crippen LogP contribution in [0.3, 0.4) is 0 Å². The highest BCUT2D eigenvalue weighted by Gasteiger charge is 2.41. The van der Waals surface area contributed by atoms with Crippen LogP contribution in [0.5, 0.6) is 0 Å². The summed E-state index contributed by atoms with van der Waals surface area (Å²) in [7, 11) is 2.04. The van der Waals surface area contributed by atoms with Crippen molar-refractivity contribution in [3.8, 4) is 0 Å². The number of rotatable bonds is 7. The van der Waals surface area contributed by atoms with Crippen molar-refractivity contribution in [1.29, 1.82) is 0 Å². The first kappa shape index (κ1) is 28.2. The van der Waals surface area contributed by atoms with Crippen molar-refractivity contribution in [1.82, 2.24) is 39.1 Å². The molecule has 15 heteroatoms. The lowest BCUT2D eigenvalue weighted by Gasteiger charge is -2.50. The fraction of sp³-hybridized carbons (Fsp3) is 0.593. The minimum absolute atomic E-state index is 0.0279. The number of hydrogen-bond acceptors (Lipinski definition) is 8. The summed E-state index contributed by atoms with van der Waals surface area (Å²) < 4.78 is 41.5. The van der Waals surface area contributed by atoms with Crippen LogP contribution >= 0.6 is 0 Å². The topological polar surface area (TPSA) is 107 Å². The van der Waals surface area contributed by atoms with Gasteiger partial charge in [0.05, 0.1) is 24.0 Å². The predicted molar refractivity (Wildman–Crippen MR) is 148 cm³/mol. The number of fused-ring (bicyclic) bond motifs is 3. The molecule has 0 aliphatic carbocycles. The fourth-order valence-electron chi connectivity index (χ4n) is 6.22. The molecule has 0 saturated carbocycles. The number of piperazine rings is 2.